The number of nitrogens with two attached hydrogens (primary N) is 1. The molecular formula is C12H11FN4O2. The Labute approximate surface area is 108 Å². The molecule has 1 aromatic heterocycles. The molecule has 0 spiro atoms. The minimum absolute atomic E-state index is 0.0151. The van der Waals surface area contributed by atoms with Crippen molar-refractivity contribution >= 4 is 23.0 Å². The predicted octanol–water partition coefficient (Wildman–Crippen LogP) is 2.76. The van der Waals surface area contributed by atoms with Crippen LogP contribution in [0.3, 0.4) is 0 Å². The number of rotatable bonds is 3. The van der Waals surface area contributed by atoms with Gasteiger partial charge in [0.05, 0.1) is 4.92 Å². The minimum atomic E-state index is -0.580. The first-order valence-electron chi connectivity index (χ1n) is 5.42. The fraction of sp³-hybridized carbons (Fsp3) is 0.0833. The van der Waals surface area contributed by atoms with Crippen LogP contribution in [0.2, 0.25) is 0 Å². The van der Waals surface area contributed by atoms with E-state index in [0.717, 1.165) is 0 Å². The van der Waals surface area contributed by atoms with Crippen LogP contribution in [0.1, 0.15) is 5.56 Å². The highest BCUT2D eigenvalue weighted by Crippen LogP contribution is 2.28. The van der Waals surface area contributed by atoms with Gasteiger partial charge in [-0.25, -0.2) is 9.37 Å². The number of nitrogens with zero attached hydrogens (tertiary/aromatic N) is 2. The lowest BCUT2D eigenvalue weighted by atomic mass is 10.2. The molecular weight excluding hydrogens is 251 g/mol. The molecule has 0 amide bonds. The standard InChI is InChI=1S/C12H11FN4O2/c1-7-8(13)3-2-4-9(7)15-12-10(17(18)19)5-6-11(14)16-12/h2-6H,1H3,(H3,14,15,16). The van der Waals surface area contributed by atoms with E-state index < -0.39 is 10.7 Å². The molecule has 7 heteroatoms. The van der Waals surface area contributed by atoms with Crippen LogP contribution < -0.4 is 11.1 Å². The Balaban J connectivity index is 2.45. The lowest BCUT2D eigenvalue weighted by Crippen LogP contribution is -2.03. The van der Waals surface area contributed by atoms with Crippen molar-refractivity contribution in [1.82, 2.24) is 4.98 Å². The zero-order valence-electron chi connectivity index (χ0n) is 10.1. The fourth-order valence-electron chi connectivity index (χ4n) is 1.58. The maximum Gasteiger partial charge on any atom is 0.311 e. The van der Waals surface area contributed by atoms with Gasteiger partial charge in [0.1, 0.15) is 11.6 Å². The molecule has 19 heavy (non-hydrogen) atoms. The number of hydrogen-bond donors (Lipinski definition) is 2. The van der Waals surface area contributed by atoms with E-state index in [-0.39, 0.29) is 17.3 Å². The number of nitrogens with one attached hydrogen (secondary N) is 1. The van der Waals surface area contributed by atoms with Crippen molar-refractivity contribution in [1.29, 1.82) is 0 Å². The van der Waals surface area contributed by atoms with Crippen LogP contribution in [-0.4, -0.2) is 9.91 Å². The van der Waals surface area contributed by atoms with E-state index in [1.54, 1.807) is 13.0 Å². The van der Waals surface area contributed by atoms with Crippen LogP contribution in [0, 0.1) is 22.9 Å². The summed E-state index contributed by atoms with van der Waals surface area (Å²) >= 11 is 0. The van der Waals surface area contributed by atoms with E-state index >= 15 is 0 Å². The fourth-order valence-corrected chi connectivity index (χ4v) is 1.58. The number of benzene rings is 1. The third-order valence-corrected chi connectivity index (χ3v) is 2.61. The van der Waals surface area contributed by atoms with Crippen molar-refractivity contribution in [2.45, 2.75) is 6.92 Å². The number of halogens is 1. The minimum Gasteiger partial charge on any atom is -0.384 e. The summed E-state index contributed by atoms with van der Waals surface area (Å²) in [4.78, 5) is 14.2. The van der Waals surface area contributed by atoms with Gasteiger partial charge in [-0.2, -0.15) is 0 Å². The van der Waals surface area contributed by atoms with Gasteiger partial charge < -0.3 is 11.1 Å². The Morgan fingerprint density at radius 3 is 2.79 bits per heavy atom. The second-order valence-electron chi connectivity index (χ2n) is 3.90. The molecule has 0 saturated heterocycles. The molecule has 3 N–H and O–H groups in total. The van der Waals surface area contributed by atoms with Crippen molar-refractivity contribution in [2.24, 2.45) is 0 Å². The monoisotopic (exact) mass is 262 g/mol. The average molecular weight is 262 g/mol. The van der Waals surface area contributed by atoms with Crippen LogP contribution in [0.4, 0.5) is 27.4 Å². The molecule has 98 valence electrons. The molecule has 0 saturated carbocycles. The van der Waals surface area contributed by atoms with Gasteiger partial charge in [0, 0.05) is 17.3 Å². The van der Waals surface area contributed by atoms with Gasteiger partial charge in [-0.3, -0.25) is 10.1 Å². The smallest absolute Gasteiger partial charge is 0.311 e. The quantitative estimate of drug-likeness (QED) is 0.655. The molecule has 2 aromatic rings. The van der Waals surface area contributed by atoms with E-state index in [1.165, 1.54) is 24.3 Å². The van der Waals surface area contributed by atoms with E-state index in [9.17, 15) is 14.5 Å². The number of hydrogen-bond acceptors (Lipinski definition) is 5. The highest BCUT2D eigenvalue weighted by molar-refractivity contribution is 5.69. The number of anilines is 3. The largest absolute Gasteiger partial charge is 0.384 e. The molecule has 0 aliphatic carbocycles. The van der Waals surface area contributed by atoms with Crippen molar-refractivity contribution in [3.8, 4) is 0 Å². The van der Waals surface area contributed by atoms with Gasteiger partial charge in [-0.15, -0.1) is 0 Å². The van der Waals surface area contributed by atoms with E-state index in [2.05, 4.69) is 10.3 Å². The molecule has 6 nitrogen and oxygen atoms in total. The van der Waals surface area contributed by atoms with Crippen molar-refractivity contribution in [3.05, 3.63) is 51.8 Å². The summed E-state index contributed by atoms with van der Waals surface area (Å²) in [5.74, 6) is -0.280. The molecule has 0 radical (unpaired) electrons. The Morgan fingerprint density at radius 2 is 2.11 bits per heavy atom. The topological polar surface area (TPSA) is 94.1 Å². The number of pyridine rings is 1. The van der Waals surface area contributed by atoms with E-state index in [0.29, 0.717) is 11.3 Å². The lowest BCUT2D eigenvalue weighted by molar-refractivity contribution is -0.384. The molecule has 0 bridgehead atoms. The molecule has 0 unspecified atom stereocenters. The van der Waals surface area contributed by atoms with Gasteiger partial charge in [-0.05, 0) is 25.1 Å². The van der Waals surface area contributed by atoms with Crippen molar-refractivity contribution < 1.29 is 9.31 Å². The van der Waals surface area contributed by atoms with Crippen LogP contribution in [-0.2, 0) is 0 Å². The number of nitrogen functional groups attached to an aromatic ring is 1. The molecule has 0 aliphatic rings. The second-order valence-corrected chi connectivity index (χ2v) is 3.90. The summed E-state index contributed by atoms with van der Waals surface area (Å²) in [6, 6.07) is 7.00. The number of nitro groups is 1. The maximum atomic E-state index is 13.4. The highest BCUT2D eigenvalue weighted by Gasteiger charge is 2.16. The molecule has 2 rings (SSSR count). The Morgan fingerprint density at radius 1 is 1.37 bits per heavy atom. The summed E-state index contributed by atoms with van der Waals surface area (Å²) in [7, 11) is 0. The van der Waals surface area contributed by atoms with Gasteiger partial charge in [0.2, 0.25) is 5.82 Å². The molecule has 1 heterocycles. The first-order valence-corrected chi connectivity index (χ1v) is 5.42. The van der Waals surface area contributed by atoms with Crippen LogP contribution in [0.15, 0.2) is 30.3 Å². The van der Waals surface area contributed by atoms with Crippen molar-refractivity contribution in [2.75, 3.05) is 11.1 Å². The summed E-state index contributed by atoms with van der Waals surface area (Å²) in [6.07, 6.45) is 0. The first kappa shape index (κ1) is 12.7. The Kier molecular flexibility index (Phi) is 3.28. The van der Waals surface area contributed by atoms with Gasteiger partial charge >= 0.3 is 5.69 Å². The average Bonchev–Trinajstić information content (AvgIpc) is 2.35. The third kappa shape index (κ3) is 2.59. The molecule has 0 fully saturated rings. The number of aromatic nitrogens is 1. The zero-order valence-corrected chi connectivity index (χ0v) is 10.1. The molecule has 0 aliphatic heterocycles. The highest BCUT2D eigenvalue weighted by atomic mass is 19.1. The predicted molar refractivity (Wildman–Crippen MR) is 69.7 cm³/mol. The molecule has 0 atom stereocenters. The summed E-state index contributed by atoms with van der Waals surface area (Å²) in [5, 5.41) is 13.6. The third-order valence-electron chi connectivity index (χ3n) is 2.61. The van der Waals surface area contributed by atoms with Crippen LogP contribution in [0.5, 0.6) is 0 Å². The van der Waals surface area contributed by atoms with Gasteiger partial charge in [0.25, 0.3) is 0 Å². The second kappa shape index (κ2) is 4.89. The zero-order chi connectivity index (χ0) is 14.0. The first-order chi connectivity index (χ1) is 8.99. The van der Waals surface area contributed by atoms with Gasteiger partial charge in [-0.1, -0.05) is 6.07 Å². The van der Waals surface area contributed by atoms with E-state index in [4.69, 9.17) is 5.73 Å². The maximum absolute atomic E-state index is 13.4. The Bertz CT molecular complexity index is 646. The molecule has 1 aromatic carbocycles. The van der Waals surface area contributed by atoms with E-state index in [1.807, 2.05) is 0 Å². The lowest BCUT2D eigenvalue weighted by Gasteiger charge is -2.09. The summed E-state index contributed by atoms with van der Waals surface area (Å²) in [6.45, 7) is 1.57. The Hall–Kier alpha value is -2.70. The van der Waals surface area contributed by atoms with Crippen molar-refractivity contribution in [3.63, 3.8) is 0 Å². The SMILES string of the molecule is Cc1c(F)cccc1Nc1nc(N)ccc1[N+](=O)[O-]. The van der Waals surface area contributed by atoms with Crippen LogP contribution in [0.25, 0.3) is 0 Å². The van der Waals surface area contributed by atoms with Crippen LogP contribution >= 0.6 is 0 Å². The summed E-state index contributed by atoms with van der Waals surface area (Å²) < 4.78 is 13.4. The summed E-state index contributed by atoms with van der Waals surface area (Å²) in [5.41, 5.74) is 6.03. The van der Waals surface area contributed by atoms with Gasteiger partial charge in [0.15, 0.2) is 0 Å². The normalized spacial score (nSPS) is 10.2.